The van der Waals surface area contributed by atoms with Gasteiger partial charge in [-0.15, -0.1) is 0 Å². The van der Waals surface area contributed by atoms with Crippen LogP contribution < -0.4 is 5.73 Å². The first-order valence-corrected chi connectivity index (χ1v) is 6.92. The van der Waals surface area contributed by atoms with E-state index in [-0.39, 0.29) is 5.54 Å². The second kappa shape index (κ2) is 13.3. The highest BCUT2D eigenvalue weighted by atomic mass is 16.2. The molecule has 102 valence electrons. The minimum atomic E-state index is 0.155. The van der Waals surface area contributed by atoms with Crippen LogP contribution in [-0.2, 0) is 0 Å². The third kappa shape index (κ3) is 13.2. The number of nitriles is 1. The van der Waals surface area contributed by atoms with E-state index in [0.29, 0.717) is 0 Å². The Bertz CT molecular complexity index is 165. The van der Waals surface area contributed by atoms with Crippen LogP contribution in [0.2, 0.25) is 0 Å². The van der Waals surface area contributed by atoms with E-state index in [1.807, 2.05) is 0 Å². The van der Waals surface area contributed by atoms with E-state index in [4.69, 9.17) is 16.1 Å². The van der Waals surface area contributed by atoms with E-state index in [1.165, 1.54) is 57.8 Å². The molecule has 0 aromatic rings. The van der Waals surface area contributed by atoms with Crippen molar-refractivity contribution in [2.24, 2.45) is 5.73 Å². The van der Waals surface area contributed by atoms with E-state index < -0.39 is 0 Å². The molecule has 0 spiro atoms. The van der Waals surface area contributed by atoms with Crippen molar-refractivity contribution in [2.45, 2.75) is 84.1 Å². The van der Waals surface area contributed by atoms with Crippen LogP contribution in [-0.4, -0.2) is 10.6 Å². The van der Waals surface area contributed by atoms with E-state index >= 15 is 0 Å². The Morgan fingerprint density at radius 2 is 1.18 bits per heavy atom. The van der Waals surface area contributed by atoms with Gasteiger partial charge >= 0.3 is 0 Å². The summed E-state index contributed by atoms with van der Waals surface area (Å²) in [6.07, 6.45) is 12.1. The van der Waals surface area contributed by atoms with Gasteiger partial charge in [0.2, 0.25) is 0 Å². The van der Waals surface area contributed by atoms with Crippen molar-refractivity contribution in [2.75, 3.05) is 0 Å². The van der Waals surface area contributed by atoms with Gasteiger partial charge < -0.3 is 10.8 Å². The Hall–Kier alpha value is -0.750. The van der Waals surface area contributed by atoms with Gasteiger partial charge in [-0.1, -0.05) is 59.3 Å². The molecule has 0 aliphatic rings. The average Bonchev–Trinajstić information content (AvgIpc) is 2.33. The molecule has 0 bridgehead atoms. The first-order chi connectivity index (χ1) is 8.10. The highest BCUT2D eigenvalue weighted by molar-refractivity contribution is 4.83. The van der Waals surface area contributed by atoms with Gasteiger partial charge in [-0.3, -0.25) is 0 Å². The summed E-state index contributed by atoms with van der Waals surface area (Å²) in [5, 5.41) is 13.8. The Morgan fingerprint density at radius 3 is 1.35 bits per heavy atom. The van der Waals surface area contributed by atoms with Crippen molar-refractivity contribution in [1.82, 2.24) is 0 Å². The smallest absolute Gasteiger partial charge is 0.283 e. The van der Waals surface area contributed by atoms with Crippen LogP contribution in [0.4, 0.5) is 0 Å². The zero-order chi connectivity index (χ0) is 13.6. The molecule has 0 aliphatic heterocycles. The lowest BCUT2D eigenvalue weighted by Gasteiger charge is -2.29. The molecular weight excluding hydrogens is 212 g/mol. The summed E-state index contributed by atoms with van der Waals surface area (Å²) in [4.78, 5) is 0. The number of nitrogens with two attached hydrogens (primary N) is 1. The summed E-state index contributed by atoms with van der Waals surface area (Å²) in [7, 11) is 0. The number of unbranched alkanes of at least 4 members (excludes halogenated alkanes) is 3. The molecule has 3 nitrogen and oxygen atoms in total. The maximum absolute atomic E-state index is 6.88. The Labute approximate surface area is 107 Å². The van der Waals surface area contributed by atoms with Crippen LogP contribution in [0, 0.1) is 11.5 Å². The third-order valence-corrected chi connectivity index (χ3v) is 3.08. The van der Waals surface area contributed by atoms with Gasteiger partial charge in [-0.05, 0) is 19.3 Å². The third-order valence-electron chi connectivity index (χ3n) is 3.08. The molecule has 0 saturated carbocycles. The summed E-state index contributed by atoms with van der Waals surface area (Å²) < 4.78 is 0. The molecule has 17 heavy (non-hydrogen) atoms. The predicted molar refractivity (Wildman–Crippen MR) is 73.0 cm³/mol. The van der Waals surface area contributed by atoms with E-state index in [2.05, 4.69) is 20.8 Å². The van der Waals surface area contributed by atoms with Crippen LogP contribution in [0.1, 0.15) is 78.6 Å². The maximum Gasteiger partial charge on any atom is 0.283 e. The summed E-state index contributed by atoms with van der Waals surface area (Å²) in [5.74, 6) is 0. The second-order valence-electron chi connectivity index (χ2n) is 4.77. The number of hydrogen-bond acceptors (Lipinski definition) is 3. The number of rotatable bonds is 9. The normalized spacial score (nSPS) is 10.3. The van der Waals surface area contributed by atoms with Gasteiger partial charge in [0.15, 0.2) is 0 Å². The summed E-state index contributed by atoms with van der Waals surface area (Å²) >= 11 is 0. The fourth-order valence-corrected chi connectivity index (χ4v) is 1.96. The monoisotopic (exact) mass is 242 g/mol. The Kier molecular flexibility index (Phi) is 14.6. The highest BCUT2D eigenvalue weighted by Gasteiger charge is 2.22. The number of aliphatic hydroxyl groups excluding tert-OH is 1. The number of aliphatic hydroxyl groups is 1. The zero-order valence-corrected chi connectivity index (χ0v) is 11.8. The molecule has 0 fully saturated rings. The summed E-state index contributed by atoms with van der Waals surface area (Å²) in [6, 6.07) is 0. The molecule has 3 heteroatoms. The van der Waals surface area contributed by atoms with Gasteiger partial charge in [0, 0.05) is 5.54 Å². The van der Waals surface area contributed by atoms with Crippen LogP contribution >= 0.6 is 0 Å². The van der Waals surface area contributed by atoms with E-state index in [9.17, 15) is 0 Å². The predicted octanol–water partition coefficient (Wildman–Crippen LogP) is 4.09. The molecule has 0 rings (SSSR count). The molecule has 0 saturated heterocycles. The molecule has 0 aromatic heterocycles. The first-order valence-electron chi connectivity index (χ1n) is 6.92. The minimum Gasteiger partial charge on any atom is -0.443 e. The van der Waals surface area contributed by atoms with Gasteiger partial charge in [-0.25, -0.2) is 0 Å². The fraction of sp³-hybridized carbons (Fsp3) is 0.929. The Balaban J connectivity index is 0. The van der Waals surface area contributed by atoms with Crippen LogP contribution in [0.5, 0.6) is 0 Å². The van der Waals surface area contributed by atoms with Crippen molar-refractivity contribution in [3.05, 3.63) is 0 Å². The molecule has 0 unspecified atom stereocenters. The second-order valence-corrected chi connectivity index (χ2v) is 4.77. The average molecular weight is 242 g/mol. The molecular formula is C14H30N2O. The lowest BCUT2D eigenvalue weighted by Crippen LogP contribution is -2.39. The molecule has 0 amide bonds. The molecule has 0 aliphatic carbocycles. The quantitative estimate of drug-likeness (QED) is 0.598. The zero-order valence-electron chi connectivity index (χ0n) is 11.8. The van der Waals surface area contributed by atoms with Crippen molar-refractivity contribution in [3.63, 3.8) is 0 Å². The molecule has 0 radical (unpaired) electrons. The largest absolute Gasteiger partial charge is 0.443 e. The van der Waals surface area contributed by atoms with E-state index in [1.54, 1.807) is 0 Å². The molecule has 0 heterocycles. The molecule has 0 atom stereocenters. The van der Waals surface area contributed by atoms with Crippen molar-refractivity contribution in [1.29, 1.82) is 5.26 Å². The van der Waals surface area contributed by atoms with Crippen molar-refractivity contribution in [3.8, 4) is 6.26 Å². The summed E-state index contributed by atoms with van der Waals surface area (Å²) in [6.45, 7) is 6.75. The lowest BCUT2D eigenvalue weighted by molar-refractivity contribution is 0.313. The minimum absolute atomic E-state index is 0.155. The lowest BCUT2D eigenvalue weighted by atomic mass is 9.84. The van der Waals surface area contributed by atoms with Gasteiger partial charge in [0.05, 0.1) is 0 Å². The molecule has 3 N–H and O–H groups in total. The molecule has 0 aromatic carbocycles. The topological polar surface area (TPSA) is 70.0 Å². The summed E-state index contributed by atoms with van der Waals surface area (Å²) in [5.41, 5.74) is 6.61. The van der Waals surface area contributed by atoms with Crippen LogP contribution in [0.3, 0.4) is 0 Å². The number of nitrogens with zero attached hydrogens (tertiary/aromatic N) is 1. The van der Waals surface area contributed by atoms with Gasteiger partial charge in [0.1, 0.15) is 0 Å². The highest BCUT2D eigenvalue weighted by Crippen LogP contribution is 2.24. The van der Waals surface area contributed by atoms with Crippen LogP contribution in [0.15, 0.2) is 0 Å². The van der Waals surface area contributed by atoms with Crippen LogP contribution in [0.25, 0.3) is 0 Å². The van der Waals surface area contributed by atoms with Crippen molar-refractivity contribution >= 4 is 0 Å². The fourth-order valence-electron chi connectivity index (χ4n) is 1.96. The number of hydrogen-bond donors (Lipinski definition) is 2. The maximum atomic E-state index is 6.88. The van der Waals surface area contributed by atoms with Crippen molar-refractivity contribution < 1.29 is 5.11 Å². The van der Waals surface area contributed by atoms with Gasteiger partial charge in [-0.2, -0.15) is 5.26 Å². The first kappa shape index (κ1) is 18.6. The van der Waals surface area contributed by atoms with E-state index in [0.717, 1.165) is 6.26 Å². The Morgan fingerprint density at radius 1 is 0.941 bits per heavy atom. The standard InChI is InChI=1S/C13H29N.CHNO/c1-4-7-10-13(14,11-8-5-2)12-9-6-3;2-1-3/h4-12,14H2,1-3H3;3H. The van der Waals surface area contributed by atoms with Gasteiger partial charge in [0.25, 0.3) is 6.26 Å². The SMILES string of the molecule is CCCCC(N)(CCCC)CCCC.N#CO.